The van der Waals surface area contributed by atoms with Gasteiger partial charge in [0.2, 0.25) is 5.91 Å². The minimum atomic E-state index is -0.414. The number of aromatic nitrogens is 3. The van der Waals surface area contributed by atoms with Gasteiger partial charge in [-0.05, 0) is 44.0 Å². The fourth-order valence-corrected chi connectivity index (χ4v) is 3.11. The number of hydrogen-bond acceptors (Lipinski definition) is 4. The minimum Gasteiger partial charge on any atom is -0.332 e. The third kappa shape index (κ3) is 3.66. The number of anilines is 1. The number of carbonyl (C=O) groups is 2. The molecule has 0 saturated heterocycles. The summed E-state index contributed by atoms with van der Waals surface area (Å²) >= 11 is 0. The van der Waals surface area contributed by atoms with Gasteiger partial charge in [0.15, 0.2) is 5.65 Å². The summed E-state index contributed by atoms with van der Waals surface area (Å²) < 4.78 is 1.48. The molecule has 0 aliphatic rings. The number of nitrogens with zero attached hydrogens (tertiary/aromatic N) is 3. The molecule has 2 amide bonds. The lowest BCUT2D eigenvalue weighted by atomic mass is 10.1. The summed E-state index contributed by atoms with van der Waals surface area (Å²) in [7, 11) is 3.19. The zero-order valence-corrected chi connectivity index (χ0v) is 16.6. The van der Waals surface area contributed by atoms with Crippen molar-refractivity contribution < 1.29 is 9.59 Å². The number of likely N-dealkylation sites (N-methyl/N-ethyl adjacent to an activating group) is 1. The average molecular weight is 381 g/mol. The van der Waals surface area contributed by atoms with Crippen LogP contribution in [-0.2, 0) is 11.8 Å². The van der Waals surface area contributed by atoms with Crippen LogP contribution in [0.5, 0.6) is 0 Å². The van der Waals surface area contributed by atoms with E-state index in [9.17, 15) is 14.4 Å². The van der Waals surface area contributed by atoms with Crippen molar-refractivity contribution in [2.45, 2.75) is 20.8 Å². The first-order valence-electron chi connectivity index (χ1n) is 8.86. The Labute approximate surface area is 162 Å². The molecule has 0 bridgehead atoms. The van der Waals surface area contributed by atoms with Crippen LogP contribution in [0, 0.1) is 20.8 Å². The molecule has 2 heterocycles. The molecule has 8 heteroatoms. The number of aromatic amines is 1. The van der Waals surface area contributed by atoms with Crippen molar-refractivity contribution in [1.29, 1.82) is 0 Å². The second-order valence-corrected chi connectivity index (χ2v) is 7.04. The van der Waals surface area contributed by atoms with E-state index in [2.05, 4.69) is 15.4 Å². The van der Waals surface area contributed by atoms with Crippen LogP contribution in [0.2, 0.25) is 0 Å². The Balaban J connectivity index is 1.83. The van der Waals surface area contributed by atoms with Crippen molar-refractivity contribution in [2.75, 3.05) is 18.9 Å². The lowest BCUT2D eigenvalue weighted by Crippen LogP contribution is -2.35. The van der Waals surface area contributed by atoms with Gasteiger partial charge in [0, 0.05) is 25.5 Å². The Hall–Kier alpha value is -3.42. The van der Waals surface area contributed by atoms with Gasteiger partial charge in [0.05, 0.1) is 17.5 Å². The number of carbonyl (C=O) groups excluding carboxylic acids is 2. The molecule has 1 aromatic carbocycles. The zero-order valence-electron chi connectivity index (χ0n) is 16.6. The van der Waals surface area contributed by atoms with Crippen molar-refractivity contribution in [3.8, 4) is 0 Å². The van der Waals surface area contributed by atoms with Gasteiger partial charge in [0.1, 0.15) is 0 Å². The minimum absolute atomic E-state index is 0.139. The van der Waals surface area contributed by atoms with Gasteiger partial charge >= 0.3 is 0 Å². The smallest absolute Gasteiger partial charge is 0.274 e. The monoisotopic (exact) mass is 381 g/mol. The number of fused-ring (bicyclic) bond motifs is 1. The highest BCUT2D eigenvalue weighted by Crippen LogP contribution is 2.18. The van der Waals surface area contributed by atoms with Gasteiger partial charge < -0.3 is 10.2 Å². The number of H-pyrrole nitrogens is 1. The summed E-state index contributed by atoms with van der Waals surface area (Å²) in [5.74, 6) is -0.725. The highest BCUT2D eigenvalue weighted by Gasteiger charge is 2.22. The summed E-state index contributed by atoms with van der Waals surface area (Å²) in [6, 6.07) is 7.35. The second kappa shape index (κ2) is 7.30. The van der Waals surface area contributed by atoms with Crippen LogP contribution in [0.1, 0.15) is 27.2 Å². The summed E-state index contributed by atoms with van der Waals surface area (Å²) in [5.41, 5.74) is 3.54. The maximum absolute atomic E-state index is 12.9. The number of nitrogens with one attached hydrogen (secondary N) is 2. The van der Waals surface area contributed by atoms with Gasteiger partial charge in [0.25, 0.3) is 11.5 Å². The SMILES string of the molecule is Cc1ccc(C)c(NC(=O)CN(C)C(=O)c2cc(C)nc3c2c(=O)[nH]n3C)c1. The Morgan fingerprint density at radius 2 is 1.93 bits per heavy atom. The summed E-state index contributed by atoms with van der Waals surface area (Å²) in [6.07, 6.45) is 0. The van der Waals surface area contributed by atoms with E-state index in [1.54, 1.807) is 20.0 Å². The summed E-state index contributed by atoms with van der Waals surface area (Å²) in [5, 5.41) is 5.67. The topological polar surface area (TPSA) is 100 Å². The molecule has 3 aromatic rings. The zero-order chi connectivity index (χ0) is 20.6. The van der Waals surface area contributed by atoms with Crippen LogP contribution in [0.15, 0.2) is 29.1 Å². The number of aryl methyl sites for hydroxylation is 4. The van der Waals surface area contributed by atoms with Gasteiger partial charge in [-0.3, -0.25) is 24.2 Å². The van der Waals surface area contributed by atoms with Crippen molar-refractivity contribution in [1.82, 2.24) is 19.7 Å². The number of rotatable bonds is 4. The molecular weight excluding hydrogens is 358 g/mol. The third-order valence-corrected chi connectivity index (χ3v) is 4.57. The van der Waals surface area contributed by atoms with Crippen LogP contribution >= 0.6 is 0 Å². The molecular formula is C20H23N5O3. The molecule has 28 heavy (non-hydrogen) atoms. The van der Waals surface area contributed by atoms with Crippen molar-refractivity contribution in [3.05, 3.63) is 57.0 Å². The largest absolute Gasteiger partial charge is 0.332 e. The quantitative estimate of drug-likeness (QED) is 0.721. The highest BCUT2D eigenvalue weighted by molar-refractivity contribution is 6.07. The lowest BCUT2D eigenvalue weighted by molar-refractivity contribution is -0.116. The maximum atomic E-state index is 12.9. The first-order valence-corrected chi connectivity index (χ1v) is 8.86. The lowest BCUT2D eigenvalue weighted by Gasteiger charge is -2.18. The fraction of sp³-hybridized carbons (Fsp3) is 0.300. The Morgan fingerprint density at radius 3 is 2.64 bits per heavy atom. The molecule has 146 valence electrons. The van der Waals surface area contributed by atoms with Crippen LogP contribution in [-0.4, -0.2) is 45.1 Å². The first-order chi connectivity index (χ1) is 13.2. The fourth-order valence-electron chi connectivity index (χ4n) is 3.11. The summed E-state index contributed by atoms with van der Waals surface area (Å²) in [4.78, 5) is 43.2. The maximum Gasteiger partial charge on any atom is 0.274 e. The first kappa shape index (κ1) is 19.3. The van der Waals surface area contributed by atoms with Gasteiger partial charge in [-0.2, -0.15) is 0 Å². The van der Waals surface area contributed by atoms with Crippen molar-refractivity contribution >= 4 is 28.5 Å². The normalized spacial score (nSPS) is 10.9. The van der Waals surface area contributed by atoms with Crippen LogP contribution < -0.4 is 10.9 Å². The number of benzene rings is 1. The standard InChI is InChI=1S/C20H23N5O3/c1-11-6-7-12(2)15(8-11)22-16(26)10-24(4)20(28)14-9-13(3)21-18-17(14)19(27)23-25(18)5/h6-9H,10H2,1-5H3,(H,22,26)(H,23,27). The van der Waals surface area contributed by atoms with Crippen LogP contribution in [0.3, 0.4) is 0 Å². The summed E-state index contributed by atoms with van der Waals surface area (Å²) in [6.45, 7) is 5.46. The number of pyridine rings is 1. The number of hydrogen-bond donors (Lipinski definition) is 2. The molecule has 2 aromatic heterocycles. The van der Waals surface area contributed by atoms with Crippen LogP contribution in [0.25, 0.3) is 11.0 Å². The third-order valence-electron chi connectivity index (χ3n) is 4.57. The molecule has 0 saturated carbocycles. The van der Waals surface area contributed by atoms with Crippen molar-refractivity contribution in [2.24, 2.45) is 7.05 Å². The van der Waals surface area contributed by atoms with E-state index in [1.165, 1.54) is 16.6 Å². The molecule has 0 fully saturated rings. The van der Waals surface area contributed by atoms with E-state index in [4.69, 9.17) is 0 Å². The van der Waals surface area contributed by atoms with Gasteiger partial charge in [-0.25, -0.2) is 4.98 Å². The van der Waals surface area contributed by atoms with E-state index in [0.717, 1.165) is 11.1 Å². The molecule has 0 spiro atoms. The van der Waals surface area contributed by atoms with Crippen LogP contribution in [0.4, 0.5) is 5.69 Å². The van der Waals surface area contributed by atoms with E-state index >= 15 is 0 Å². The Morgan fingerprint density at radius 1 is 1.21 bits per heavy atom. The predicted molar refractivity (Wildman–Crippen MR) is 108 cm³/mol. The van der Waals surface area contributed by atoms with Gasteiger partial charge in [-0.1, -0.05) is 12.1 Å². The molecule has 0 aliphatic carbocycles. The molecule has 0 radical (unpaired) electrons. The molecule has 0 aliphatic heterocycles. The molecule has 2 N–H and O–H groups in total. The molecule has 0 atom stereocenters. The van der Waals surface area contributed by atoms with Crippen molar-refractivity contribution in [3.63, 3.8) is 0 Å². The van der Waals surface area contributed by atoms with E-state index in [0.29, 0.717) is 17.0 Å². The second-order valence-electron chi connectivity index (χ2n) is 7.04. The van der Waals surface area contributed by atoms with E-state index in [-0.39, 0.29) is 29.0 Å². The Bertz CT molecular complexity index is 1140. The van der Waals surface area contributed by atoms with Gasteiger partial charge in [-0.15, -0.1) is 0 Å². The molecule has 0 unspecified atom stereocenters. The van der Waals surface area contributed by atoms with E-state index < -0.39 is 5.91 Å². The van der Waals surface area contributed by atoms with E-state index in [1.807, 2.05) is 32.0 Å². The molecule has 3 rings (SSSR count). The average Bonchev–Trinajstić information content (AvgIpc) is 2.90. The molecule has 8 nitrogen and oxygen atoms in total. The highest BCUT2D eigenvalue weighted by atomic mass is 16.2. The Kier molecular flexibility index (Phi) is 5.04. The number of amides is 2. The predicted octanol–water partition coefficient (Wildman–Crippen LogP) is 1.90.